The maximum absolute atomic E-state index is 12.5. The smallest absolute Gasteiger partial charge is 0.177 e. The van der Waals surface area contributed by atoms with E-state index < -0.39 is 0 Å². The molecule has 0 fully saturated rings. The molecule has 0 aliphatic carbocycles. The molecule has 1 heterocycles. The standard InChI is InChI=1S/C9H9FN4O/c10-7-1-3-8(4-2-7)15-6-5-9-11-13-14-12-9/h1-4H,5-6H2,(H,11,12,13,14). The molecule has 5 nitrogen and oxygen atoms in total. The minimum atomic E-state index is -0.277. The highest BCUT2D eigenvalue weighted by Gasteiger charge is 1.99. The third-order valence-corrected chi connectivity index (χ3v) is 1.80. The Labute approximate surface area is 85.3 Å². The van der Waals surface area contributed by atoms with E-state index in [9.17, 15) is 4.39 Å². The van der Waals surface area contributed by atoms with Crippen molar-refractivity contribution in [1.29, 1.82) is 0 Å². The van der Waals surface area contributed by atoms with Gasteiger partial charge in [-0.1, -0.05) is 5.21 Å². The first kappa shape index (κ1) is 9.57. The van der Waals surface area contributed by atoms with Crippen molar-refractivity contribution in [2.75, 3.05) is 6.61 Å². The van der Waals surface area contributed by atoms with Crippen LogP contribution in [0, 0.1) is 5.82 Å². The van der Waals surface area contributed by atoms with Gasteiger partial charge in [-0.3, -0.25) is 0 Å². The van der Waals surface area contributed by atoms with Gasteiger partial charge in [0.05, 0.1) is 6.61 Å². The molecule has 0 radical (unpaired) electrons. The zero-order valence-electron chi connectivity index (χ0n) is 7.85. The maximum Gasteiger partial charge on any atom is 0.177 e. The van der Waals surface area contributed by atoms with Crippen molar-refractivity contribution in [1.82, 2.24) is 20.6 Å². The molecule has 0 spiro atoms. The van der Waals surface area contributed by atoms with Crippen LogP contribution in [0.3, 0.4) is 0 Å². The number of ether oxygens (including phenoxy) is 1. The lowest BCUT2D eigenvalue weighted by Crippen LogP contribution is -2.02. The first-order valence-corrected chi connectivity index (χ1v) is 4.45. The Morgan fingerprint density at radius 1 is 1.27 bits per heavy atom. The Morgan fingerprint density at radius 3 is 2.73 bits per heavy atom. The lowest BCUT2D eigenvalue weighted by Gasteiger charge is -2.03. The van der Waals surface area contributed by atoms with Crippen LogP contribution in [0.4, 0.5) is 4.39 Å². The molecule has 2 rings (SSSR count). The second kappa shape index (κ2) is 4.50. The van der Waals surface area contributed by atoms with Gasteiger partial charge in [0.25, 0.3) is 0 Å². The normalized spacial score (nSPS) is 10.2. The van der Waals surface area contributed by atoms with E-state index in [4.69, 9.17) is 4.74 Å². The minimum absolute atomic E-state index is 0.277. The lowest BCUT2D eigenvalue weighted by molar-refractivity contribution is 0.318. The van der Waals surface area contributed by atoms with Gasteiger partial charge in [0.15, 0.2) is 5.82 Å². The van der Waals surface area contributed by atoms with Crippen LogP contribution in [0.2, 0.25) is 0 Å². The summed E-state index contributed by atoms with van der Waals surface area (Å²) in [7, 11) is 0. The molecule has 0 atom stereocenters. The van der Waals surface area contributed by atoms with E-state index in [1.807, 2.05) is 0 Å². The van der Waals surface area contributed by atoms with Crippen molar-refractivity contribution in [3.63, 3.8) is 0 Å². The van der Waals surface area contributed by atoms with E-state index in [1.165, 1.54) is 12.1 Å². The third-order valence-electron chi connectivity index (χ3n) is 1.80. The molecule has 78 valence electrons. The monoisotopic (exact) mass is 208 g/mol. The van der Waals surface area contributed by atoms with E-state index in [0.717, 1.165) is 0 Å². The highest BCUT2D eigenvalue weighted by molar-refractivity contribution is 5.21. The van der Waals surface area contributed by atoms with Crippen molar-refractivity contribution in [3.05, 3.63) is 35.9 Å². The molecule has 1 aromatic carbocycles. The van der Waals surface area contributed by atoms with Gasteiger partial charge in [-0.15, -0.1) is 10.2 Å². The van der Waals surface area contributed by atoms with E-state index in [2.05, 4.69) is 20.6 Å². The number of hydrogen-bond donors (Lipinski definition) is 1. The molecule has 0 amide bonds. The first-order chi connectivity index (χ1) is 7.34. The van der Waals surface area contributed by atoms with Crippen molar-refractivity contribution < 1.29 is 9.13 Å². The fourth-order valence-electron chi connectivity index (χ4n) is 1.08. The van der Waals surface area contributed by atoms with Crippen molar-refractivity contribution in [2.24, 2.45) is 0 Å². The van der Waals surface area contributed by atoms with E-state index in [1.54, 1.807) is 12.1 Å². The van der Waals surface area contributed by atoms with Gasteiger partial charge in [0, 0.05) is 6.42 Å². The lowest BCUT2D eigenvalue weighted by atomic mass is 10.3. The fourth-order valence-corrected chi connectivity index (χ4v) is 1.08. The van der Waals surface area contributed by atoms with E-state index >= 15 is 0 Å². The van der Waals surface area contributed by atoms with Gasteiger partial charge < -0.3 is 4.74 Å². The van der Waals surface area contributed by atoms with Gasteiger partial charge in [0.1, 0.15) is 11.6 Å². The predicted molar refractivity (Wildman–Crippen MR) is 49.8 cm³/mol. The van der Waals surface area contributed by atoms with Crippen LogP contribution in [0.5, 0.6) is 5.75 Å². The van der Waals surface area contributed by atoms with Gasteiger partial charge in [-0.25, -0.2) is 4.39 Å². The number of benzene rings is 1. The molecule has 15 heavy (non-hydrogen) atoms. The number of rotatable bonds is 4. The predicted octanol–water partition coefficient (Wildman–Crippen LogP) is 0.960. The van der Waals surface area contributed by atoms with Crippen LogP contribution < -0.4 is 4.74 Å². The minimum Gasteiger partial charge on any atom is -0.493 e. The first-order valence-electron chi connectivity index (χ1n) is 4.45. The molecule has 0 unspecified atom stereocenters. The van der Waals surface area contributed by atoms with Crippen LogP contribution in [0.1, 0.15) is 5.82 Å². The molecule has 1 aromatic heterocycles. The summed E-state index contributed by atoms with van der Waals surface area (Å²) in [6, 6.07) is 5.85. The number of nitrogens with one attached hydrogen (secondary N) is 1. The summed E-state index contributed by atoms with van der Waals surface area (Å²) in [5.41, 5.74) is 0. The summed E-state index contributed by atoms with van der Waals surface area (Å²) in [6.45, 7) is 0.436. The van der Waals surface area contributed by atoms with Crippen LogP contribution in [0.25, 0.3) is 0 Å². The number of halogens is 1. The Balaban J connectivity index is 1.81. The summed E-state index contributed by atoms with van der Waals surface area (Å²) in [5.74, 6) is 0.942. The Hall–Kier alpha value is -1.98. The SMILES string of the molecule is Fc1ccc(OCCc2nn[nH]n2)cc1. The molecule has 1 N–H and O–H groups in total. The molecular weight excluding hydrogens is 199 g/mol. The van der Waals surface area contributed by atoms with Crippen LogP contribution >= 0.6 is 0 Å². The highest BCUT2D eigenvalue weighted by atomic mass is 19.1. The Kier molecular flexibility index (Phi) is 2.87. The van der Waals surface area contributed by atoms with Crippen LogP contribution in [0.15, 0.2) is 24.3 Å². The largest absolute Gasteiger partial charge is 0.493 e. The number of H-pyrrole nitrogens is 1. The van der Waals surface area contributed by atoms with Crippen LogP contribution in [-0.2, 0) is 6.42 Å². The second-order valence-electron chi connectivity index (χ2n) is 2.88. The van der Waals surface area contributed by atoms with E-state index in [-0.39, 0.29) is 5.82 Å². The summed E-state index contributed by atoms with van der Waals surface area (Å²) in [6.07, 6.45) is 0.563. The van der Waals surface area contributed by atoms with Crippen molar-refractivity contribution >= 4 is 0 Å². The zero-order chi connectivity index (χ0) is 10.5. The number of hydrogen-bond acceptors (Lipinski definition) is 4. The summed E-state index contributed by atoms with van der Waals surface area (Å²) in [5, 5.41) is 13.3. The van der Waals surface area contributed by atoms with Gasteiger partial charge in [-0.2, -0.15) is 5.21 Å². The Morgan fingerprint density at radius 2 is 2.07 bits per heavy atom. The number of tetrazole rings is 1. The zero-order valence-corrected chi connectivity index (χ0v) is 7.85. The molecule has 6 heteroatoms. The van der Waals surface area contributed by atoms with Gasteiger partial charge >= 0.3 is 0 Å². The second-order valence-corrected chi connectivity index (χ2v) is 2.88. The van der Waals surface area contributed by atoms with Crippen molar-refractivity contribution in [3.8, 4) is 5.75 Å². The molecule has 0 saturated heterocycles. The quantitative estimate of drug-likeness (QED) is 0.812. The number of nitrogens with zero attached hydrogens (tertiary/aromatic N) is 3. The van der Waals surface area contributed by atoms with Gasteiger partial charge in [-0.05, 0) is 24.3 Å². The average Bonchev–Trinajstić information content (AvgIpc) is 2.74. The molecular formula is C9H9FN4O. The van der Waals surface area contributed by atoms with Crippen molar-refractivity contribution in [2.45, 2.75) is 6.42 Å². The van der Waals surface area contributed by atoms with Gasteiger partial charge in [0.2, 0.25) is 0 Å². The Bertz CT molecular complexity index is 401. The molecule has 0 bridgehead atoms. The number of aromatic amines is 1. The molecule has 0 aliphatic rings. The third kappa shape index (κ3) is 2.73. The topological polar surface area (TPSA) is 63.7 Å². The molecule has 0 saturated carbocycles. The molecule has 0 aliphatic heterocycles. The summed E-state index contributed by atoms with van der Waals surface area (Å²) in [4.78, 5) is 0. The van der Waals surface area contributed by atoms with E-state index in [0.29, 0.717) is 24.6 Å². The highest BCUT2D eigenvalue weighted by Crippen LogP contribution is 2.10. The fraction of sp³-hybridized carbons (Fsp3) is 0.222. The average molecular weight is 208 g/mol. The summed E-state index contributed by atoms with van der Waals surface area (Å²) >= 11 is 0. The maximum atomic E-state index is 12.5. The van der Waals surface area contributed by atoms with Crippen LogP contribution in [-0.4, -0.2) is 27.2 Å². The summed E-state index contributed by atoms with van der Waals surface area (Å²) < 4.78 is 17.9. The molecule has 2 aromatic rings. The number of aromatic nitrogens is 4.